The van der Waals surface area contributed by atoms with E-state index in [1.54, 1.807) is 21.3 Å². The van der Waals surface area contributed by atoms with Gasteiger partial charge < -0.3 is 29.6 Å². The zero-order valence-corrected chi connectivity index (χ0v) is 18.7. The topological polar surface area (TPSA) is 73.3 Å². The van der Waals surface area contributed by atoms with Gasteiger partial charge in [-0.15, -0.1) is 0 Å². The number of aliphatic imine (C=N–C) groups is 1. The largest absolute Gasteiger partial charge is 0.493 e. The summed E-state index contributed by atoms with van der Waals surface area (Å²) in [6, 6.07) is 11.9. The van der Waals surface area contributed by atoms with Gasteiger partial charge in [-0.1, -0.05) is 12.1 Å². The van der Waals surface area contributed by atoms with Crippen molar-refractivity contribution >= 4 is 5.96 Å². The van der Waals surface area contributed by atoms with E-state index in [1.165, 1.54) is 0 Å². The van der Waals surface area contributed by atoms with E-state index in [1.807, 2.05) is 57.2 Å². The Morgan fingerprint density at radius 1 is 0.900 bits per heavy atom. The van der Waals surface area contributed by atoms with Crippen molar-refractivity contribution in [3.05, 3.63) is 47.5 Å². The number of rotatable bonds is 10. The average molecular weight is 416 g/mol. The summed E-state index contributed by atoms with van der Waals surface area (Å²) in [5, 5.41) is 6.63. The highest BCUT2D eigenvalue weighted by Gasteiger charge is 2.13. The molecule has 0 atom stereocenters. The quantitative estimate of drug-likeness (QED) is 0.455. The number of hydrogen-bond acceptors (Lipinski definition) is 5. The van der Waals surface area contributed by atoms with Crippen LogP contribution in [0.1, 0.15) is 31.9 Å². The van der Waals surface area contributed by atoms with Crippen molar-refractivity contribution in [3.8, 4) is 23.0 Å². The number of hydrogen-bond donors (Lipinski definition) is 2. The minimum absolute atomic E-state index is 0.164. The second-order valence-corrected chi connectivity index (χ2v) is 6.89. The van der Waals surface area contributed by atoms with Crippen molar-refractivity contribution in [3.63, 3.8) is 0 Å². The molecule has 2 rings (SSSR count). The van der Waals surface area contributed by atoms with Crippen molar-refractivity contribution in [1.29, 1.82) is 0 Å². The Hall–Kier alpha value is -3.09. The Bertz CT molecular complexity index is 795. The lowest BCUT2D eigenvalue weighted by atomic mass is 10.2. The van der Waals surface area contributed by atoms with Crippen LogP contribution in [0.25, 0.3) is 0 Å². The lowest BCUT2D eigenvalue weighted by Crippen LogP contribution is -2.36. The van der Waals surface area contributed by atoms with Crippen LogP contribution < -0.4 is 29.6 Å². The average Bonchev–Trinajstić information content (AvgIpc) is 2.75. The zero-order chi connectivity index (χ0) is 21.9. The molecule has 0 bridgehead atoms. The van der Waals surface area contributed by atoms with Crippen LogP contribution in [0.15, 0.2) is 41.4 Å². The van der Waals surface area contributed by atoms with E-state index in [0.29, 0.717) is 30.3 Å². The highest BCUT2D eigenvalue weighted by Crippen LogP contribution is 2.38. The van der Waals surface area contributed by atoms with Crippen molar-refractivity contribution in [2.45, 2.75) is 40.0 Å². The molecule has 0 radical (unpaired) electrons. The van der Waals surface area contributed by atoms with Crippen LogP contribution in [0.4, 0.5) is 0 Å². The van der Waals surface area contributed by atoms with Gasteiger partial charge in [0.05, 0.1) is 34.0 Å². The van der Waals surface area contributed by atoms with Crippen LogP contribution in [-0.4, -0.2) is 39.9 Å². The van der Waals surface area contributed by atoms with Crippen molar-refractivity contribution in [2.75, 3.05) is 27.9 Å². The molecule has 0 aliphatic heterocycles. The Balaban J connectivity index is 2.07. The van der Waals surface area contributed by atoms with E-state index < -0.39 is 0 Å². The van der Waals surface area contributed by atoms with Crippen molar-refractivity contribution in [1.82, 2.24) is 10.6 Å². The maximum atomic E-state index is 5.69. The Kier molecular flexibility index (Phi) is 9.12. The number of ether oxygens (including phenoxy) is 4. The summed E-state index contributed by atoms with van der Waals surface area (Å²) < 4.78 is 21.9. The number of methoxy groups -OCH3 is 3. The maximum absolute atomic E-state index is 5.69. The molecule has 0 aromatic heterocycles. The molecule has 7 nitrogen and oxygen atoms in total. The molecule has 0 aliphatic carbocycles. The summed E-state index contributed by atoms with van der Waals surface area (Å²) in [5.41, 5.74) is 2.10. The van der Waals surface area contributed by atoms with Gasteiger partial charge in [0.2, 0.25) is 5.75 Å². The third kappa shape index (κ3) is 6.76. The number of nitrogens with zero attached hydrogens (tertiary/aromatic N) is 1. The van der Waals surface area contributed by atoms with E-state index in [0.717, 1.165) is 29.4 Å². The van der Waals surface area contributed by atoms with Gasteiger partial charge >= 0.3 is 0 Å². The Morgan fingerprint density at radius 3 is 2.03 bits per heavy atom. The molecule has 0 aliphatic rings. The number of benzene rings is 2. The van der Waals surface area contributed by atoms with E-state index in [4.69, 9.17) is 18.9 Å². The molecule has 0 saturated heterocycles. The monoisotopic (exact) mass is 415 g/mol. The van der Waals surface area contributed by atoms with E-state index in [9.17, 15) is 0 Å². The van der Waals surface area contributed by atoms with Gasteiger partial charge in [0.15, 0.2) is 17.5 Å². The predicted octanol–water partition coefficient (Wildman–Crippen LogP) is 3.75. The summed E-state index contributed by atoms with van der Waals surface area (Å²) in [7, 11) is 4.80. The highest BCUT2D eigenvalue weighted by atomic mass is 16.5. The predicted molar refractivity (Wildman–Crippen MR) is 120 cm³/mol. The first-order valence-corrected chi connectivity index (χ1v) is 10.1. The molecule has 7 heteroatoms. The third-order valence-corrected chi connectivity index (χ3v) is 4.24. The van der Waals surface area contributed by atoms with Crippen LogP contribution >= 0.6 is 0 Å². The minimum atomic E-state index is 0.164. The first-order valence-electron chi connectivity index (χ1n) is 10.1. The summed E-state index contributed by atoms with van der Waals surface area (Å²) in [6.45, 7) is 7.96. The SMILES string of the molecule is CCNC(=NCc1cc(OC)c(OC)c(OC)c1)NCc1ccc(OC(C)C)cc1. The second-order valence-electron chi connectivity index (χ2n) is 6.89. The first-order chi connectivity index (χ1) is 14.5. The molecule has 2 aromatic carbocycles. The molecule has 0 unspecified atom stereocenters. The minimum Gasteiger partial charge on any atom is -0.493 e. The molecular formula is C23H33N3O4. The van der Waals surface area contributed by atoms with Crippen LogP contribution in [0.3, 0.4) is 0 Å². The van der Waals surface area contributed by atoms with E-state index in [2.05, 4.69) is 15.6 Å². The van der Waals surface area contributed by atoms with Crippen LogP contribution in [0, 0.1) is 0 Å². The summed E-state index contributed by atoms with van der Waals surface area (Å²) in [4.78, 5) is 4.68. The highest BCUT2D eigenvalue weighted by molar-refractivity contribution is 5.79. The van der Waals surface area contributed by atoms with Crippen molar-refractivity contribution in [2.24, 2.45) is 4.99 Å². The summed E-state index contributed by atoms with van der Waals surface area (Å²) >= 11 is 0. The molecule has 2 aromatic rings. The molecule has 0 saturated carbocycles. The molecule has 30 heavy (non-hydrogen) atoms. The maximum Gasteiger partial charge on any atom is 0.203 e. The van der Waals surface area contributed by atoms with E-state index >= 15 is 0 Å². The third-order valence-electron chi connectivity index (χ3n) is 4.24. The van der Waals surface area contributed by atoms with Gasteiger partial charge in [0.25, 0.3) is 0 Å². The smallest absolute Gasteiger partial charge is 0.203 e. The fourth-order valence-electron chi connectivity index (χ4n) is 2.88. The number of guanidine groups is 1. The van der Waals surface area contributed by atoms with Gasteiger partial charge in [-0.2, -0.15) is 0 Å². The van der Waals surface area contributed by atoms with Crippen LogP contribution in [0.2, 0.25) is 0 Å². The molecule has 0 spiro atoms. The van der Waals surface area contributed by atoms with E-state index in [-0.39, 0.29) is 6.10 Å². The van der Waals surface area contributed by atoms with Gasteiger partial charge in [0.1, 0.15) is 5.75 Å². The fraction of sp³-hybridized carbons (Fsp3) is 0.435. The number of nitrogens with one attached hydrogen (secondary N) is 2. The Morgan fingerprint density at radius 2 is 1.53 bits per heavy atom. The molecule has 0 heterocycles. The van der Waals surface area contributed by atoms with Gasteiger partial charge in [0, 0.05) is 13.1 Å². The molecule has 2 N–H and O–H groups in total. The first kappa shape index (κ1) is 23.2. The Labute approximate surface area is 179 Å². The van der Waals surface area contributed by atoms with Crippen molar-refractivity contribution < 1.29 is 18.9 Å². The molecule has 0 fully saturated rings. The fourth-order valence-corrected chi connectivity index (χ4v) is 2.88. The van der Waals surface area contributed by atoms with Gasteiger partial charge in [-0.05, 0) is 56.2 Å². The normalized spacial score (nSPS) is 11.2. The van der Waals surface area contributed by atoms with Gasteiger partial charge in [-0.3, -0.25) is 0 Å². The lowest BCUT2D eigenvalue weighted by molar-refractivity contribution is 0.242. The summed E-state index contributed by atoms with van der Waals surface area (Å²) in [6.07, 6.45) is 0.164. The van der Waals surface area contributed by atoms with Crippen LogP contribution in [-0.2, 0) is 13.1 Å². The van der Waals surface area contributed by atoms with Gasteiger partial charge in [-0.25, -0.2) is 4.99 Å². The lowest BCUT2D eigenvalue weighted by Gasteiger charge is -2.15. The second kappa shape index (κ2) is 11.8. The summed E-state index contributed by atoms with van der Waals surface area (Å²) in [5.74, 6) is 3.40. The zero-order valence-electron chi connectivity index (χ0n) is 18.7. The molecular weight excluding hydrogens is 382 g/mol. The standard InChI is InChI=1S/C23H33N3O4/c1-7-24-23(25-14-17-8-10-19(11-9-17)30-16(2)3)26-15-18-12-20(27-4)22(29-6)21(13-18)28-5/h8-13,16H,7,14-15H2,1-6H3,(H2,24,25,26). The molecule has 0 amide bonds. The van der Waals surface area contributed by atoms with Crippen LogP contribution in [0.5, 0.6) is 23.0 Å². The molecule has 164 valence electrons.